The minimum atomic E-state index is -0.735. The van der Waals surface area contributed by atoms with E-state index in [1.807, 2.05) is 42.6 Å². The van der Waals surface area contributed by atoms with Gasteiger partial charge in [0.25, 0.3) is 0 Å². The van der Waals surface area contributed by atoms with Gasteiger partial charge in [0.2, 0.25) is 0 Å². The SMILES string of the molecule is N=C/C=C\c1cccc(O)c1CC1(Cc2cccc3cccnc23)Oc2cccc3cccc1c23. The third-order valence-corrected chi connectivity index (χ3v) is 6.88. The van der Waals surface area contributed by atoms with Crippen LogP contribution >= 0.6 is 0 Å². The van der Waals surface area contributed by atoms with Crippen LogP contribution < -0.4 is 4.74 Å². The summed E-state index contributed by atoms with van der Waals surface area (Å²) in [5.41, 5.74) is 4.10. The topological polar surface area (TPSA) is 66.2 Å². The third kappa shape index (κ3) is 3.55. The number of aromatic hydroxyl groups is 1. The Morgan fingerprint density at radius 3 is 2.51 bits per heavy atom. The van der Waals surface area contributed by atoms with Crippen LogP contribution in [0.3, 0.4) is 0 Å². The summed E-state index contributed by atoms with van der Waals surface area (Å²) < 4.78 is 6.87. The highest BCUT2D eigenvalue weighted by molar-refractivity contribution is 5.94. The minimum absolute atomic E-state index is 0.222. The average Bonchev–Trinajstić information content (AvgIpc) is 3.19. The summed E-state index contributed by atoms with van der Waals surface area (Å²) in [4.78, 5) is 4.69. The standard InChI is InChI=1S/C31H24N2O2/c32-17-5-12-21-7-3-15-27(34)25(21)20-31(19-24-11-1-10-23-13-6-18-33-30(23)24)26-14-2-8-22-9-4-16-28(35-31)29(22)26/h1-18,32,34H,19-20H2/b12-5-,32-17?. The van der Waals surface area contributed by atoms with Crippen molar-refractivity contribution in [1.29, 1.82) is 5.41 Å². The van der Waals surface area contributed by atoms with Crippen molar-refractivity contribution in [3.05, 3.63) is 119 Å². The van der Waals surface area contributed by atoms with Gasteiger partial charge in [0.05, 0.1) is 5.52 Å². The first-order chi connectivity index (χ1) is 17.2. The van der Waals surface area contributed by atoms with Crippen LogP contribution in [0, 0.1) is 5.41 Å². The van der Waals surface area contributed by atoms with E-state index in [1.165, 1.54) is 6.21 Å². The van der Waals surface area contributed by atoms with Gasteiger partial charge >= 0.3 is 0 Å². The number of fused-ring (bicyclic) bond motifs is 1. The van der Waals surface area contributed by atoms with E-state index in [2.05, 4.69) is 48.5 Å². The molecule has 0 radical (unpaired) electrons. The van der Waals surface area contributed by atoms with Gasteiger partial charge in [-0.2, -0.15) is 0 Å². The number of hydrogen-bond donors (Lipinski definition) is 2. The minimum Gasteiger partial charge on any atom is -0.508 e. The van der Waals surface area contributed by atoms with Gasteiger partial charge in [-0.15, -0.1) is 0 Å². The first-order valence-electron chi connectivity index (χ1n) is 11.7. The number of pyridine rings is 1. The summed E-state index contributed by atoms with van der Waals surface area (Å²) in [6.45, 7) is 0. The van der Waals surface area contributed by atoms with Gasteiger partial charge in [-0.1, -0.05) is 72.8 Å². The summed E-state index contributed by atoms with van der Waals surface area (Å²) in [6, 6.07) is 28.3. The Labute approximate surface area is 203 Å². The van der Waals surface area contributed by atoms with Crippen molar-refractivity contribution in [2.75, 3.05) is 0 Å². The third-order valence-electron chi connectivity index (χ3n) is 6.88. The van der Waals surface area contributed by atoms with Gasteiger partial charge in [0, 0.05) is 47.2 Å². The monoisotopic (exact) mass is 456 g/mol. The molecule has 4 nitrogen and oxygen atoms in total. The molecule has 6 rings (SSSR count). The Balaban J connectivity index is 1.57. The van der Waals surface area contributed by atoms with Crippen LogP contribution in [-0.2, 0) is 18.4 Å². The van der Waals surface area contributed by atoms with Crippen molar-refractivity contribution in [2.45, 2.75) is 18.4 Å². The molecule has 0 saturated carbocycles. The quantitative estimate of drug-likeness (QED) is 0.275. The van der Waals surface area contributed by atoms with Crippen molar-refractivity contribution in [1.82, 2.24) is 4.98 Å². The molecule has 170 valence electrons. The Morgan fingerprint density at radius 2 is 1.63 bits per heavy atom. The fraction of sp³-hybridized carbons (Fsp3) is 0.0968. The second-order valence-electron chi connectivity index (χ2n) is 8.97. The molecule has 0 spiro atoms. The molecule has 5 aromatic rings. The molecule has 4 heteroatoms. The summed E-state index contributed by atoms with van der Waals surface area (Å²) in [7, 11) is 0. The van der Waals surface area contributed by atoms with Crippen molar-refractivity contribution in [3.63, 3.8) is 0 Å². The van der Waals surface area contributed by atoms with E-state index < -0.39 is 5.60 Å². The number of rotatable bonds is 6. The highest BCUT2D eigenvalue weighted by atomic mass is 16.5. The Morgan fingerprint density at radius 1 is 0.857 bits per heavy atom. The lowest BCUT2D eigenvalue weighted by molar-refractivity contribution is 0.0812. The lowest BCUT2D eigenvalue weighted by atomic mass is 9.80. The van der Waals surface area contributed by atoms with Gasteiger partial charge in [-0.3, -0.25) is 4.98 Å². The van der Waals surface area contributed by atoms with Gasteiger partial charge in [0.15, 0.2) is 0 Å². The number of hydrogen-bond acceptors (Lipinski definition) is 4. The maximum absolute atomic E-state index is 11.0. The number of nitrogens with one attached hydrogen (secondary N) is 1. The molecular formula is C31H24N2O2. The van der Waals surface area contributed by atoms with Crippen molar-refractivity contribution in [3.8, 4) is 11.5 Å². The number of ether oxygens (including phenoxy) is 1. The molecule has 1 aliphatic rings. The second kappa shape index (κ2) is 8.41. The zero-order valence-corrected chi connectivity index (χ0v) is 19.1. The smallest absolute Gasteiger partial charge is 0.143 e. The first-order valence-corrected chi connectivity index (χ1v) is 11.7. The highest BCUT2D eigenvalue weighted by Gasteiger charge is 2.43. The van der Waals surface area contributed by atoms with Gasteiger partial charge in [0.1, 0.15) is 17.1 Å². The largest absolute Gasteiger partial charge is 0.508 e. The molecule has 1 unspecified atom stereocenters. The van der Waals surface area contributed by atoms with E-state index in [-0.39, 0.29) is 5.75 Å². The second-order valence-corrected chi connectivity index (χ2v) is 8.97. The molecular weight excluding hydrogens is 432 g/mol. The number of benzene rings is 4. The zero-order chi connectivity index (χ0) is 23.8. The molecule has 35 heavy (non-hydrogen) atoms. The van der Waals surface area contributed by atoms with Crippen LogP contribution in [0.5, 0.6) is 11.5 Å². The summed E-state index contributed by atoms with van der Waals surface area (Å²) in [5.74, 6) is 1.08. The van der Waals surface area contributed by atoms with Gasteiger partial charge in [-0.05, 0) is 40.8 Å². The van der Waals surface area contributed by atoms with Crippen LogP contribution in [-0.4, -0.2) is 16.3 Å². The van der Waals surface area contributed by atoms with Crippen molar-refractivity contribution < 1.29 is 9.84 Å². The number of aromatic nitrogens is 1. The molecule has 1 atom stereocenters. The number of para-hydroxylation sites is 1. The van der Waals surface area contributed by atoms with Crippen LogP contribution in [0.15, 0.2) is 97.2 Å². The zero-order valence-electron chi connectivity index (χ0n) is 19.1. The van der Waals surface area contributed by atoms with Crippen LogP contribution in [0.2, 0.25) is 0 Å². The number of allylic oxidation sites excluding steroid dienone is 1. The molecule has 2 heterocycles. The molecule has 0 amide bonds. The van der Waals surface area contributed by atoms with E-state index in [0.717, 1.165) is 49.7 Å². The molecule has 0 saturated heterocycles. The number of phenolic OH excluding ortho intramolecular Hbond substituents is 1. The Hall–Kier alpha value is -4.44. The predicted molar refractivity (Wildman–Crippen MR) is 141 cm³/mol. The van der Waals surface area contributed by atoms with Crippen LogP contribution in [0.25, 0.3) is 27.8 Å². The maximum Gasteiger partial charge on any atom is 0.143 e. The summed E-state index contributed by atoms with van der Waals surface area (Å²) in [5, 5.41) is 21.7. The van der Waals surface area contributed by atoms with E-state index in [9.17, 15) is 5.11 Å². The van der Waals surface area contributed by atoms with E-state index in [4.69, 9.17) is 15.1 Å². The summed E-state index contributed by atoms with van der Waals surface area (Å²) in [6.07, 6.45) is 7.66. The molecule has 4 aromatic carbocycles. The number of nitrogens with zero attached hydrogens (tertiary/aromatic N) is 1. The predicted octanol–water partition coefficient (Wildman–Crippen LogP) is 6.83. The lowest BCUT2D eigenvalue weighted by Gasteiger charge is -2.32. The van der Waals surface area contributed by atoms with Crippen molar-refractivity contribution >= 4 is 34.0 Å². The van der Waals surface area contributed by atoms with Gasteiger partial charge in [-0.25, -0.2) is 0 Å². The molecule has 0 bridgehead atoms. The fourth-order valence-electron chi connectivity index (χ4n) is 5.36. The number of phenols is 1. The lowest BCUT2D eigenvalue weighted by Crippen LogP contribution is -2.35. The van der Waals surface area contributed by atoms with E-state index in [1.54, 1.807) is 12.1 Å². The molecule has 2 N–H and O–H groups in total. The normalized spacial score (nSPS) is 16.7. The van der Waals surface area contributed by atoms with E-state index >= 15 is 0 Å². The molecule has 0 fully saturated rings. The van der Waals surface area contributed by atoms with Crippen molar-refractivity contribution in [2.24, 2.45) is 0 Å². The maximum atomic E-state index is 11.0. The molecule has 1 aromatic heterocycles. The summed E-state index contributed by atoms with van der Waals surface area (Å²) >= 11 is 0. The van der Waals surface area contributed by atoms with Gasteiger partial charge < -0.3 is 15.3 Å². The Bertz CT molecular complexity index is 1610. The van der Waals surface area contributed by atoms with Crippen LogP contribution in [0.1, 0.15) is 22.3 Å². The Kier molecular flexibility index (Phi) is 5.07. The average molecular weight is 457 g/mol. The first kappa shape index (κ1) is 21.1. The highest BCUT2D eigenvalue weighted by Crippen LogP contribution is 2.49. The molecule has 0 aliphatic carbocycles. The van der Waals surface area contributed by atoms with E-state index in [0.29, 0.717) is 12.8 Å². The fourth-order valence-corrected chi connectivity index (χ4v) is 5.36. The molecule has 1 aliphatic heterocycles. The van der Waals surface area contributed by atoms with Crippen LogP contribution in [0.4, 0.5) is 0 Å².